The number of hydrogen-bond acceptors (Lipinski definition) is 3. The van der Waals surface area contributed by atoms with Crippen LogP contribution in [0.5, 0.6) is 0 Å². The van der Waals surface area contributed by atoms with Gasteiger partial charge in [-0.1, -0.05) is 23.8 Å². The van der Waals surface area contributed by atoms with Crippen molar-refractivity contribution in [1.82, 2.24) is 0 Å². The lowest BCUT2D eigenvalue weighted by Crippen LogP contribution is -2.42. The van der Waals surface area contributed by atoms with Gasteiger partial charge in [-0.05, 0) is 6.42 Å². The molecule has 0 aromatic carbocycles. The highest BCUT2D eigenvalue weighted by molar-refractivity contribution is 6.61. The van der Waals surface area contributed by atoms with Crippen molar-refractivity contribution in [3.63, 3.8) is 0 Å². The molecule has 1 rings (SSSR count). The summed E-state index contributed by atoms with van der Waals surface area (Å²) < 4.78 is 16.0. The van der Waals surface area contributed by atoms with Crippen LogP contribution in [0.15, 0.2) is 23.8 Å². The molecule has 74 valence electrons. The molecule has 0 fully saturated rings. The van der Waals surface area contributed by atoms with E-state index < -0.39 is 8.80 Å². The molecule has 1 aliphatic rings. The topological polar surface area (TPSA) is 27.7 Å². The first-order valence-corrected chi connectivity index (χ1v) is 6.19. The zero-order chi connectivity index (χ0) is 9.73. The first kappa shape index (κ1) is 10.7. The molecule has 13 heavy (non-hydrogen) atoms. The summed E-state index contributed by atoms with van der Waals surface area (Å²) in [5.74, 6) is 0. The Labute approximate surface area is 80.4 Å². The Balaban J connectivity index is 2.56. The Morgan fingerprint density at radius 2 is 1.85 bits per heavy atom. The lowest BCUT2D eigenvalue weighted by atomic mass is 10.3. The molecule has 0 aliphatic heterocycles. The van der Waals surface area contributed by atoms with E-state index in [0.717, 1.165) is 12.5 Å². The van der Waals surface area contributed by atoms with Gasteiger partial charge in [-0.15, -0.1) is 0 Å². The highest BCUT2D eigenvalue weighted by Gasteiger charge is 2.38. The maximum Gasteiger partial charge on any atom is 0.504 e. The van der Waals surface area contributed by atoms with Crippen LogP contribution in [0.3, 0.4) is 0 Å². The molecule has 0 aromatic heterocycles. The van der Waals surface area contributed by atoms with Crippen molar-refractivity contribution >= 4 is 8.80 Å². The van der Waals surface area contributed by atoms with E-state index >= 15 is 0 Å². The molecule has 0 saturated carbocycles. The summed E-state index contributed by atoms with van der Waals surface area (Å²) in [7, 11) is 2.53. The monoisotopic (exact) mass is 200 g/mol. The smallest absolute Gasteiger partial charge is 0.377 e. The minimum Gasteiger partial charge on any atom is -0.377 e. The van der Waals surface area contributed by atoms with Crippen molar-refractivity contribution in [1.29, 1.82) is 0 Å². The summed E-state index contributed by atoms with van der Waals surface area (Å²) in [5, 5.41) is 0. The van der Waals surface area contributed by atoms with Crippen LogP contribution in [0.2, 0.25) is 6.04 Å². The van der Waals surface area contributed by atoms with Crippen molar-refractivity contribution in [2.45, 2.75) is 12.5 Å². The van der Waals surface area contributed by atoms with E-state index in [1.54, 1.807) is 21.3 Å². The predicted octanol–water partition coefficient (Wildman–Crippen LogP) is 1.75. The second-order valence-electron chi connectivity index (χ2n) is 2.93. The van der Waals surface area contributed by atoms with Gasteiger partial charge in [-0.25, -0.2) is 0 Å². The average molecular weight is 200 g/mol. The first-order chi connectivity index (χ1) is 6.26. The van der Waals surface area contributed by atoms with E-state index in [1.165, 1.54) is 5.57 Å². The summed E-state index contributed by atoms with van der Waals surface area (Å²) in [6, 6.07) is 0.781. The lowest BCUT2D eigenvalue weighted by molar-refractivity contribution is 0.126. The molecule has 0 heterocycles. The highest BCUT2D eigenvalue weighted by Crippen LogP contribution is 2.24. The quantitative estimate of drug-likeness (QED) is 0.633. The summed E-state index contributed by atoms with van der Waals surface area (Å²) in [4.78, 5) is 0. The minimum atomic E-state index is -2.39. The molecule has 3 nitrogen and oxygen atoms in total. The van der Waals surface area contributed by atoms with Crippen LogP contribution in [-0.2, 0) is 13.3 Å². The van der Waals surface area contributed by atoms with Gasteiger partial charge in [-0.3, -0.25) is 0 Å². The standard InChI is InChI=1S/C9H16O3Si/c1-10-13(11-2,12-3)8-9-6-4-5-7-9/h4-6H,7-8H2,1-3H3. The average Bonchev–Trinajstić information content (AvgIpc) is 2.67. The van der Waals surface area contributed by atoms with Gasteiger partial charge < -0.3 is 13.3 Å². The fourth-order valence-corrected chi connectivity index (χ4v) is 3.12. The lowest BCUT2D eigenvalue weighted by Gasteiger charge is -2.24. The summed E-state index contributed by atoms with van der Waals surface area (Å²) in [6.07, 6.45) is 7.26. The molecule has 0 radical (unpaired) electrons. The maximum atomic E-state index is 5.32. The third-order valence-corrected chi connectivity index (χ3v) is 4.98. The Kier molecular flexibility index (Phi) is 3.86. The molecule has 4 heteroatoms. The van der Waals surface area contributed by atoms with E-state index in [2.05, 4.69) is 18.2 Å². The Bertz CT molecular complexity index is 211. The normalized spacial score (nSPS) is 16.4. The van der Waals surface area contributed by atoms with Crippen LogP contribution in [-0.4, -0.2) is 30.1 Å². The van der Waals surface area contributed by atoms with Gasteiger partial charge in [0.15, 0.2) is 0 Å². The van der Waals surface area contributed by atoms with Gasteiger partial charge in [0.25, 0.3) is 0 Å². The molecule has 0 aromatic rings. The Hall–Kier alpha value is -0.423. The van der Waals surface area contributed by atoms with Crippen molar-refractivity contribution in [2.75, 3.05) is 21.3 Å². The molecule has 0 saturated heterocycles. The highest BCUT2D eigenvalue weighted by atomic mass is 28.4. The van der Waals surface area contributed by atoms with Crippen LogP contribution < -0.4 is 0 Å². The first-order valence-electron chi connectivity index (χ1n) is 4.26. The number of allylic oxidation sites excluding steroid dienone is 4. The van der Waals surface area contributed by atoms with Crippen molar-refractivity contribution < 1.29 is 13.3 Å². The SMILES string of the molecule is CO[Si](CC1=CC=CC1)(OC)OC. The van der Waals surface area contributed by atoms with Gasteiger partial charge in [0.05, 0.1) is 0 Å². The molecule has 0 bridgehead atoms. The van der Waals surface area contributed by atoms with Gasteiger partial charge in [0.1, 0.15) is 0 Å². The second-order valence-corrected chi connectivity index (χ2v) is 5.87. The summed E-state index contributed by atoms with van der Waals surface area (Å²) in [5.41, 5.74) is 1.32. The molecular weight excluding hydrogens is 184 g/mol. The third kappa shape index (κ3) is 2.51. The summed E-state index contributed by atoms with van der Waals surface area (Å²) >= 11 is 0. The fourth-order valence-electron chi connectivity index (χ4n) is 1.37. The van der Waals surface area contributed by atoms with Crippen molar-refractivity contribution in [3.8, 4) is 0 Å². The van der Waals surface area contributed by atoms with E-state index in [0.29, 0.717) is 0 Å². The number of hydrogen-bond donors (Lipinski definition) is 0. The molecular formula is C9H16O3Si. The molecule has 0 spiro atoms. The van der Waals surface area contributed by atoms with Crippen LogP contribution >= 0.6 is 0 Å². The third-order valence-electron chi connectivity index (χ3n) is 2.22. The zero-order valence-corrected chi connectivity index (χ0v) is 9.37. The van der Waals surface area contributed by atoms with Crippen molar-refractivity contribution in [2.24, 2.45) is 0 Å². The molecule has 0 atom stereocenters. The van der Waals surface area contributed by atoms with Crippen LogP contribution in [0.25, 0.3) is 0 Å². The zero-order valence-electron chi connectivity index (χ0n) is 8.37. The van der Waals surface area contributed by atoms with Gasteiger partial charge in [-0.2, -0.15) is 0 Å². The Morgan fingerprint density at radius 3 is 2.23 bits per heavy atom. The molecule has 0 amide bonds. The molecule has 1 aliphatic carbocycles. The van der Waals surface area contributed by atoms with Crippen molar-refractivity contribution in [3.05, 3.63) is 23.8 Å². The summed E-state index contributed by atoms with van der Waals surface area (Å²) in [6.45, 7) is 0. The van der Waals surface area contributed by atoms with Gasteiger partial charge >= 0.3 is 8.80 Å². The van der Waals surface area contributed by atoms with E-state index in [1.807, 2.05) is 0 Å². The predicted molar refractivity (Wildman–Crippen MR) is 53.4 cm³/mol. The van der Waals surface area contributed by atoms with E-state index in [4.69, 9.17) is 13.3 Å². The number of rotatable bonds is 5. The van der Waals surface area contributed by atoms with Gasteiger partial charge in [0.2, 0.25) is 0 Å². The Morgan fingerprint density at radius 1 is 1.23 bits per heavy atom. The minimum absolute atomic E-state index is 0.781. The maximum absolute atomic E-state index is 5.32. The van der Waals surface area contributed by atoms with Crippen LogP contribution in [0.4, 0.5) is 0 Å². The van der Waals surface area contributed by atoms with E-state index in [-0.39, 0.29) is 0 Å². The molecule has 0 unspecified atom stereocenters. The van der Waals surface area contributed by atoms with Crippen LogP contribution in [0, 0.1) is 0 Å². The van der Waals surface area contributed by atoms with Crippen LogP contribution in [0.1, 0.15) is 6.42 Å². The second kappa shape index (κ2) is 4.71. The largest absolute Gasteiger partial charge is 0.504 e. The molecule has 0 N–H and O–H groups in total. The van der Waals surface area contributed by atoms with E-state index in [9.17, 15) is 0 Å². The fraction of sp³-hybridized carbons (Fsp3) is 0.556. The van der Waals surface area contributed by atoms with Gasteiger partial charge in [0, 0.05) is 27.4 Å².